The minimum absolute atomic E-state index is 0.0200. The minimum Gasteiger partial charge on any atom is -0.480 e. The first-order chi connectivity index (χ1) is 15.9. The topological polar surface area (TPSA) is 145 Å². The predicted octanol–water partition coefficient (Wildman–Crippen LogP) is 4.04. The summed E-state index contributed by atoms with van der Waals surface area (Å²) in [4.78, 5) is 35.4. The maximum absolute atomic E-state index is 12.1. The fourth-order valence-electron chi connectivity index (χ4n) is 3.64. The van der Waals surface area contributed by atoms with Crippen LogP contribution < -0.4 is 16.8 Å². The molecule has 2 atom stereocenters. The minimum atomic E-state index is -1.19. The summed E-state index contributed by atoms with van der Waals surface area (Å²) in [6, 6.07) is -1.94. The highest BCUT2D eigenvalue weighted by Gasteiger charge is 2.24. The first kappa shape index (κ1) is 31.3. The lowest BCUT2D eigenvalue weighted by Gasteiger charge is -2.17. The summed E-state index contributed by atoms with van der Waals surface area (Å²) in [5, 5.41) is 11.7. The number of rotatable bonds is 23. The summed E-state index contributed by atoms with van der Waals surface area (Å²) in [6.45, 7) is 3.11. The molecular formula is C25H49N3O5. The molecule has 0 aromatic heterocycles. The van der Waals surface area contributed by atoms with Gasteiger partial charge in [-0.05, 0) is 32.2 Å². The normalized spacial score (nSPS) is 12.8. The summed E-state index contributed by atoms with van der Waals surface area (Å²) in [7, 11) is 0. The molecule has 0 saturated heterocycles. The van der Waals surface area contributed by atoms with E-state index in [2.05, 4.69) is 12.2 Å². The molecule has 0 aromatic rings. The molecule has 0 aliphatic heterocycles. The van der Waals surface area contributed by atoms with Gasteiger partial charge in [-0.15, -0.1) is 0 Å². The fourth-order valence-corrected chi connectivity index (χ4v) is 3.64. The van der Waals surface area contributed by atoms with E-state index in [1.807, 2.05) is 0 Å². The maximum atomic E-state index is 12.1. The molecule has 33 heavy (non-hydrogen) atoms. The van der Waals surface area contributed by atoms with Gasteiger partial charge in [-0.1, -0.05) is 84.0 Å². The Hall–Kier alpha value is -1.67. The molecule has 0 radical (unpaired) electrons. The van der Waals surface area contributed by atoms with Crippen molar-refractivity contribution in [1.82, 2.24) is 5.32 Å². The molecule has 8 nitrogen and oxygen atoms in total. The van der Waals surface area contributed by atoms with Crippen molar-refractivity contribution in [3.63, 3.8) is 0 Å². The average molecular weight is 472 g/mol. The number of nitrogens with one attached hydrogen (secondary N) is 1. The Balaban J connectivity index is 3.78. The molecule has 0 saturated carbocycles. The number of nitrogens with two attached hydrogens (primary N) is 2. The van der Waals surface area contributed by atoms with Crippen LogP contribution in [-0.2, 0) is 19.1 Å². The Morgan fingerprint density at radius 1 is 0.818 bits per heavy atom. The number of amides is 1. The number of unbranched alkanes of at least 4 members (excludes halogenated alkanes) is 12. The lowest BCUT2D eigenvalue weighted by molar-refractivity contribution is -0.145. The second kappa shape index (κ2) is 22.1. The van der Waals surface area contributed by atoms with Crippen LogP contribution in [-0.4, -0.2) is 48.2 Å². The zero-order valence-electron chi connectivity index (χ0n) is 20.8. The van der Waals surface area contributed by atoms with E-state index in [0.29, 0.717) is 26.0 Å². The van der Waals surface area contributed by atoms with Crippen LogP contribution in [0.4, 0.5) is 0 Å². The van der Waals surface area contributed by atoms with Crippen molar-refractivity contribution in [2.75, 3.05) is 13.2 Å². The predicted molar refractivity (Wildman–Crippen MR) is 132 cm³/mol. The maximum Gasteiger partial charge on any atom is 0.326 e. The van der Waals surface area contributed by atoms with Crippen LogP contribution in [0.5, 0.6) is 0 Å². The molecule has 0 rings (SSSR count). The van der Waals surface area contributed by atoms with Gasteiger partial charge in [0.05, 0.1) is 12.6 Å². The van der Waals surface area contributed by atoms with Crippen molar-refractivity contribution in [1.29, 1.82) is 0 Å². The smallest absolute Gasteiger partial charge is 0.326 e. The number of hydrogen-bond donors (Lipinski definition) is 4. The number of esters is 1. The highest BCUT2D eigenvalue weighted by molar-refractivity contribution is 5.87. The van der Waals surface area contributed by atoms with Gasteiger partial charge in [-0.3, -0.25) is 9.59 Å². The Morgan fingerprint density at radius 3 is 1.88 bits per heavy atom. The third-order valence-corrected chi connectivity index (χ3v) is 5.82. The van der Waals surface area contributed by atoms with Crippen molar-refractivity contribution in [2.24, 2.45) is 11.5 Å². The molecule has 0 aromatic carbocycles. The monoisotopic (exact) mass is 471 g/mol. The molecule has 0 unspecified atom stereocenters. The Bertz CT molecular complexity index is 516. The first-order valence-corrected chi connectivity index (χ1v) is 13.1. The number of carboxylic acids is 1. The Labute approximate surface area is 200 Å². The summed E-state index contributed by atoms with van der Waals surface area (Å²) < 4.78 is 5.20. The van der Waals surface area contributed by atoms with E-state index >= 15 is 0 Å². The Kier molecular flexibility index (Phi) is 21.0. The van der Waals surface area contributed by atoms with E-state index in [4.69, 9.17) is 16.2 Å². The van der Waals surface area contributed by atoms with Gasteiger partial charge < -0.3 is 26.6 Å². The molecule has 0 aliphatic carbocycles. The molecule has 8 heteroatoms. The zero-order chi connectivity index (χ0) is 24.7. The molecule has 0 aliphatic rings. The zero-order valence-corrected chi connectivity index (χ0v) is 20.8. The number of hydrogen-bond acceptors (Lipinski definition) is 6. The molecule has 194 valence electrons. The van der Waals surface area contributed by atoms with Crippen molar-refractivity contribution >= 4 is 17.8 Å². The van der Waals surface area contributed by atoms with Crippen LogP contribution >= 0.6 is 0 Å². The van der Waals surface area contributed by atoms with Crippen LogP contribution in [0.1, 0.15) is 116 Å². The van der Waals surface area contributed by atoms with E-state index in [9.17, 15) is 19.5 Å². The Morgan fingerprint density at radius 2 is 1.36 bits per heavy atom. The van der Waals surface area contributed by atoms with Crippen molar-refractivity contribution in [3.8, 4) is 0 Å². The van der Waals surface area contributed by atoms with Gasteiger partial charge in [-0.2, -0.15) is 0 Å². The van der Waals surface area contributed by atoms with Gasteiger partial charge in [0.2, 0.25) is 5.91 Å². The third-order valence-electron chi connectivity index (χ3n) is 5.82. The molecule has 6 N–H and O–H groups in total. The van der Waals surface area contributed by atoms with Gasteiger partial charge in [0.1, 0.15) is 6.04 Å². The summed E-state index contributed by atoms with van der Waals surface area (Å²) in [6.07, 6.45) is 16.7. The van der Waals surface area contributed by atoms with Crippen molar-refractivity contribution in [2.45, 2.75) is 128 Å². The summed E-state index contributed by atoms with van der Waals surface area (Å²) in [5.74, 6) is -2.15. The van der Waals surface area contributed by atoms with Crippen LogP contribution in [0.15, 0.2) is 0 Å². The van der Waals surface area contributed by atoms with Gasteiger partial charge in [0, 0.05) is 6.42 Å². The van der Waals surface area contributed by atoms with Crippen LogP contribution in [0.25, 0.3) is 0 Å². The number of ether oxygens (including phenoxy) is 1. The second-order valence-electron chi connectivity index (χ2n) is 8.94. The van der Waals surface area contributed by atoms with Gasteiger partial charge in [-0.25, -0.2) is 4.79 Å². The van der Waals surface area contributed by atoms with E-state index in [0.717, 1.165) is 25.7 Å². The van der Waals surface area contributed by atoms with Crippen LogP contribution in [0.2, 0.25) is 0 Å². The number of carbonyl (C=O) groups excluding carboxylic acids is 2. The third kappa shape index (κ3) is 19.5. The summed E-state index contributed by atoms with van der Waals surface area (Å²) >= 11 is 0. The highest BCUT2D eigenvalue weighted by Crippen LogP contribution is 2.12. The van der Waals surface area contributed by atoms with E-state index in [-0.39, 0.29) is 12.8 Å². The number of carbonyl (C=O) groups is 3. The van der Waals surface area contributed by atoms with Gasteiger partial charge in [0.15, 0.2) is 0 Å². The number of aliphatic carboxylic acids is 1. The quantitative estimate of drug-likeness (QED) is 0.130. The molecule has 0 heterocycles. The van der Waals surface area contributed by atoms with E-state index in [1.165, 1.54) is 57.8 Å². The van der Waals surface area contributed by atoms with Crippen LogP contribution in [0.3, 0.4) is 0 Å². The lowest BCUT2D eigenvalue weighted by atomic mass is 10.1. The fraction of sp³-hybridized carbons (Fsp3) is 0.880. The van der Waals surface area contributed by atoms with Gasteiger partial charge in [0.25, 0.3) is 0 Å². The van der Waals surface area contributed by atoms with E-state index in [1.54, 1.807) is 0 Å². The standard InChI is InChI=1S/C25H49N3O5/c1-2-3-4-5-6-7-8-9-10-11-12-15-20-33-23(29)18-17-22(25(31)32)28-24(30)21(27)16-13-14-19-26/h21-22H,2-20,26-27H2,1H3,(H,28,30)(H,31,32)/t21-,22-/m0/s1. The lowest BCUT2D eigenvalue weighted by Crippen LogP contribution is -2.48. The molecule has 0 fully saturated rings. The van der Waals surface area contributed by atoms with E-state index < -0.39 is 29.9 Å². The largest absolute Gasteiger partial charge is 0.480 e. The first-order valence-electron chi connectivity index (χ1n) is 13.1. The van der Waals surface area contributed by atoms with Crippen LogP contribution in [0, 0.1) is 0 Å². The molecule has 1 amide bonds. The number of carboxylic acid groups (broad SMARTS) is 1. The second-order valence-corrected chi connectivity index (χ2v) is 8.94. The molecule has 0 spiro atoms. The van der Waals surface area contributed by atoms with Crippen molar-refractivity contribution in [3.05, 3.63) is 0 Å². The highest BCUT2D eigenvalue weighted by atomic mass is 16.5. The molecule has 0 bridgehead atoms. The van der Waals surface area contributed by atoms with Gasteiger partial charge >= 0.3 is 11.9 Å². The summed E-state index contributed by atoms with van der Waals surface area (Å²) in [5.41, 5.74) is 11.2. The van der Waals surface area contributed by atoms with Crippen molar-refractivity contribution < 1.29 is 24.2 Å². The average Bonchev–Trinajstić information content (AvgIpc) is 2.79. The molecular weight excluding hydrogens is 422 g/mol. The SMILES string of the molecule is CCCCCCCCCCCCCCOC(=O)CC[C@H](NC(=O)[C@@H](N)CCCCN)C(=O)O.